The molecule has 1 aromatic carbocycles. The lowest BCUT2D eigenvalue weighted by molar-refractivity contribution is 0.102. The third kappa shape index (κ3) is 5.48. The van der Waals surface area contributed by atoms with E-state index in [-0.39, 0.29) is 16.3 Å². The zero-order valence-electron chi connectivity index (χ0n) is 12.4. The van der Waals surface area contributed by atoms with Crippen LogP contribution in [-0.2, 0) is 10.0 Å². The normalized spacial score (nSPS) is 11.1. The number of benzene rings is 1. The fourth-order valence-corrected chi connectivity index (χ4v) is 3.86. The highest BCUT2D eigenvalue weighted by Crippen LogP contribution is 2.27. The maximum absolute atomic E-state index is 12.3. The molecule has 0 bridgehead atoms. The van der Waals surface area contributed by atoms with E-state index in [1.807, 2.05) is 0 Å². The molecular weight excluding hydrogens is 392 g/mol. The van der Waals surface area contributed by atoms with Crippen LogP contribution in [0, 0.1) is 0 Å². The molecule has 11 heteroatoms. The molecule has 0 aliphatic rings. The molecule has 0 atom stereocenters. The molecule has 1 aromatic heterocycles. The number of halogens is 1. The molecule has 0 saturated carbocycles. The molecule has 1 heterocycles. The summed E-state index contributed by atoms with van der Waals surface area (Å²) in [5.74, 6) is 0.182. The lowest BCUT2D eigenvalue weighted by Crippen LogP contribution is -2.14. The van der Waals surface area contributed by atoms with Crippen LogP contribution in [0.2, 0.25) is 5.02 Å². The zero-order valence-corrected chi connectivity index (χ0v) is 15.7. The number of carbonyl (C=O) groups excluding carboxylic acids is 1. The van der Waals surface area contributed by atoms with Crippen molar-refractivity contribution >= 4 is 61.4 Å². The zero-order chi connectivity index (χ0) is 17.7. The Hall–Kier alpha value is -1.62. The average Bonchev–Trinajstić information content (AvgIpc) is 2.93. The van der Waals surface area contributed by atoms with Crippen LogP contribution in [0.25, 0.3) is 0 Å². The Labute approximate surface area is 152 Å². The molecule has 0 unspecified atom stereocenters. The summed E-state index contributed by atoms with van der Waals surface area (Å²) in [4.78, 5) is 12.3. The standard InChI is InChI=1S/C13H13ClN4O3S3/c1-3-6-22-13-17-16-12(23-13)15-11(19)9-7-8(4-5-10(9)14)18-24(2,20)21/h3-5,7,18H,1,6H2,2H3,(H,15,16,19). The van der Waals surface area contributed by atoms with Crippen LogP contribution in [0.4, 0.5) is 10.8 Å². The van der Waals surface area contributed by atoms with Crippen molar-refractivity contribution in [3.63, 3.8) is 0 Å². The molecule has 0 aliphatic carbocycles. The summed E-state index contributed by atoms with van der Waals surface area (Å²) in [5, 5.41) is 10.9. The molecule has 2 N–H and O–H groups in total. The number of nitrogens with zero attached hydrogens (tertiary/aromatic N) is 2. The topological polar surface area (TPSA) is 101 Å². The van der Waals surface area contributed by atoms with Gasteiger partial charge in [0.15, 0.2) is 4.34 Å². The summed E-state index contributed by atoms with van der Waals surface area (Å²) in [6.45, 7) is 3.62. The minimum Gasteiger partial charge on any atom is -0.296 e. The van der Waals surface area contributed by atoms with Gasteiger partial charge in [-0.25, -0.2) is 8.42 Å². The van der Waals surface area contributed by atoms with Crippen LogP contribution in [0.15, 0.2) is 35.2 Å². The van der Waals surface area contributed by atoms with Gasteiger partial charge in [-0.05, 0) is 18.2 Å². The Balaban J connectivity index is 2.15. The first-order valence-corrected chi connectivity index (χ1v) is 10.5. The number of hydrogen-bond donors (Lipinski definition) is 2. The van der Waals surface area contributed by atoms with Crippen LogP contribution in [0.1, 0.15) is 10.4 Å². The number of carbonyl (C=O) groups is 1. The number of anilines is 2. The van der Waals surface area contributed by atoms with E-state index >= 15 is 0 Å². The number of sulfonamides is 1. The van der Waals surface area contributed by atoms with Crippen molar-refractivity contribution < 1.29 is 13.2 Å². The lowest BCUT2D eigenvalue weighted by Gasteiger charge is -2.08. The highest BCUT2D eigenvalue weighted by Gasteiger charge is 2.15. The van der Waals surface area contributed by atoms with E-state index in [1.165, 1.54) is 41.3 Å². The van der Waals surface area contributed by atoms with Crippen LogP contribution >= 0.6 is 34.7 Å². The number of aromatic nitrogens is 2. The molecular formula is C13H13ClN4O3S3. The van der Waals surface area contributed by atoms with Gasteiger partial charge in [0.2, 0.25) is 15.2 Å². The van der Waals surface area contributed by atoms with E-state index in [2.05, 4.69) is 26.8 Å². The van der Waals surface area contributed by atoms with Crippen LogP contribution in [0.5, 0.6) is 0 Å². The highest BCUT2D eigenvalue weighted by atomic mass is 35.5. The molecule has 2 aromatic rings. The predicted octanol–water partition coefficient (Wildman–Crippen LogP) is 3.09. The van der Waals surface area contributed by atoms with Gasteiger partial charge in [-0.3, -0.25) is 14.8 Å². The molecule has 0 fully saturated rings. The second-order valence-electron chi connectivity index (χ2n) is 4.50. The Morgan fingerprint density at radius 3 is 2.88 bits per heavy atom. The van der Waals surface area contributed by atoms with Crippen molar-refractivity contribution in [2.45, 2.75) is 4.34 Å². The van der Waals surface area contributed by atoms with Crippen LogP contribution in [0.3, 0.4) is 0 Å². The Bertz CT molecular complexity index is 867. The maximum Gasteiger partial charge on any atom is 0.259 e. The van der Waals surface area contributed by atoms with Gasteiger partial charge in [-0.15, -0.1) is 16.8 Å². The van der Waals surface area contributed by atoms with E-state index in [1.54, 1.807) is 6.08 Å². The van der Waals surface area contributed by atoms with Crippen molar-refractivity contribution in [2.75, 3.05) is 22.0 Å². The number of thioether (sulfide) groups is 1. The van der Waals surface area contributed by atoms with Crippen molar-refractivity contribution in [2.24, 2.45) is 0 Å². The fourth-order valence-electron chi connectivity index (χ4n) is 1.59. The summed E-state index contributed by atoms with van der Waals surface area (Å²) in [6.07, 6.45) is 2.76. The first-order chi connectivity index (χ1) is 11.3. The van der Waals surface area contributed by atoms with Gasteiger partial charge in [0, 0.05) is 11.4 Å². The van der Waals surface area contributed by atoms with Crippen molar-refractivity contribution in [3.05, 3.63) is 41.4 Å². The lowest BCUT2D eigenvalue weighted by atomic mass is 10.2. The highest BCUT2D eigenvalue weighted by molar-refractivity contribution is 8.01. The molecule has 0 aliphatic heterocycles. The van der Waals surface area contributed by atoms with Gasteiger partial charge in [-0.1, -0.05) is 40.8 Å². The molecule has 2 rings (SSSR count). The first-order valence-electron chi connectivity index (χ1n) is 6.44. The molecule has 24 heavy (non-hydrogen) atoms. The van der Waals surface area contributed by atoms with E-state index in [0.29, 0.717) is 15.2 Å². The summed E-state index contributed by atoms with van der Waals surface area (Å²) in [7, 11) is -3.45. The molecule has 1 amide bonds. The predicted molar refractivity (Wildman–Crippen MR) is 98.7 cm³/mol. The van der Waals surface area contributed by atoms with Gasteiger partial charge < -0.3 is 0 Å². The van der Waals surface area contributed by atoms with Gasteiger partial charge in [-0.2, -0.15) is 0 Å². The van der Waals surface area contributed by atoms with Gasteiger partial charge in [0.25, 0.3) is 5.91 Å². The molecule has 0 saturated heterocycles. The average molecular weight is 405 g/mol. The van der Waals surface area contributed by atoms with Crippen LogP contribution in [-0.4, -0.2) is 36.5 Å². The third-order valence-electron chi connectivity index (χ3n) is 2.47. The number of nitrogens with one attached hydrogen (secondary N) is 2. The monoisotopic (exact) mass is 404 g/mol. The fraction of sp³-hybridized carbons (Fsp3) is 0.154. The summed E-state index contributed by atoms with van der Waals surface area (Å²) in [5.41, 5.74) is 0.368. The second-order valence-corrected chi connectivity index (χ2v) is 8.90. The van der Waals surface area contributed by atoms with Gasteiger partial charge in [0.1, 0.15) is 0 Å². The molecule has 0 radical (unpaired) electrons. The summed E-state index contributed by atoms with van der Waals surface area (Å²) >= 11 is 8.69. The van der Waals surface area contributed by atoms with Gasteiger partial charge in [0.05, 0.1) is 16.8 Å². The Morgan fingerprint density at radius 1 is 1.46 bits per heavy atom. The van der Waals surface area contributed by atoms with Crippen LogP contribution < -0.4 is 10.0 Å². The van der Waals surface area contributed by atoms with E-state index in [4.69, 9.17) is 11.6 Å². The smallest absolute Gasteiger partial charge is 0.259 e. The van der Waals surface area contributed by atoms with Gasteiger partial charge >= 0.3 is 0 Å². The maximum atomic E-state index is 12.3. The van der Waals surface area contributed by atoms with Crippen molar-refractivity contribution in [1.82, 2.24) is 10.2 Å². The Morgan fingerprint density at radius 2 is 2.21 bits per heavy atom. The number of amides is 1. The largest absolute Gasteiger partial charge is 0.296 e. The van der Waals surface area contributed by atoms with Crippen molar-refractivity contribution in [3.8, 4) is 0 Å². The minimum absolute atomic E-state index is 0.126. The van der Waals surface area contributed by atoms with E-state index in [0.717, 1.165) is 6.26 Å². The van der Waals surface area contributed by atoms with Crippen molar-refractivity contribution in [1.29, 1.82) is 0 Å². The minimum atomic E-state index is -3.45. The second kappa shape index (κ2) is 7.97. The van der Waals surface area contributed by atoms with E-state index in [9.17, 15) is 13.2 Å². The third-order valence-corrected chi connectivity index (χ3v) is 5.37. The molecule has 0 spiro atoms. The molecule has 128 valence electrons. The number of hydrogen-bond acceptors (Lipinski definition) is 7. The summed E-state index contributed by atoms with van der Waals surface area (Å²) in [6, 6.07) is 4.26. The first kappa shape index (κ1) is 18.7. The van der Waals surface area contributed by atoms with E-state index < -0.39 is 15.9 Å². The SMILES string of the molecule is C=CCSc1nnc(NC(=O)c2cc(NS(C)(=O)=O)ccc2Cl)s1. The number of rotatable bonds is 7. The Kier molecular flexibility index (Phi) is 6.21. The molecule has 7 nitrogen and oxygen atoms in total. The summed E-state index contributed by atoms with van der Waals surface area (Å²) < 4.78 is 25.5. The quantitative estimate of drug-likeness (QED) is 0.417.